The number of aromatic nitrogens is 4. The molecule has 0 spiro atoms. The first kappa shape index (κ1) is 20.0. The summed E-state index contributed by atoms with van der Waals surface area (Å²) in [7, 11) is 0. The predicted octanol–water partition coefficient (Wildman–Crippen LogP) is 5.01. The Hall–Kier alpha value is -3.25. The fourth-order valence-electron chi connectivity index (χ4n) is 3.42. The minimum Gasteiger partial charge on any atom is -0.352 e. The zero-order valence-corrected chi connectivity index (χ0v) is 17.8. The highest BCUT2D eigenvalue weighted by atomic mass is 35.5. The third kappa shape index (κ3) is 3.78. The molecule has 0 unspecified atom stereocenters. The van der Waals surface area contributed by atoms with Gasteiger partial charge in [-0.25, -0.2) is 4.98 Å². The number of nitrogens with one attached hydrogen (secondary N) is 1. The normalized spacial score (nSPS) is 11.2. The van der Waals surface area contributed by atoms with Crippen molar-refractivity contribution in [2.75, 3.05) is 5.32 Å². The minimum absolute atomic E-state index is 0.129. The molecule has 1 aromatic carbocycles. The molecule has 0 amide bonds. The molecular formula is C23H22ClN5O. The molecule has 7 heteroatoms. The lowest BCUT2D eigenvalue weighted by Crippen LogP contribution is -2.23. The van der Waals surface area contributed by atoms with Gasteiger partial charge in [-0.05, 0) is 44.5 Å². The molecule has 3 aromatic heterocycles. The Morgan fingerprint density at radius 2 is 1.93 bits per heavy atom. The van der Waals surface area contributed by atoms with Crippen LogP contribution in [0.2, 0.25) is 5.02 Å². The van der Waals surface area contributed by atoms with Crippen LogP contribution in [0.3, 0.4) is 0 Å². The van der Waals surface area contributed by atoms with Gasteiger partial charge in [-0.2, -0.15) is 4.98 Å². The van der Waals surface area contributed by atoms with E-state index in [1.807, 2.05) is 57.2 Å². The molecular weight excluding hydrogens is 398 g/mol. The summed E-state index contributed by atoms with van der Waals surface area (Å²) >= 11 is 6.61. The van der Waals surface area contributed by atoms with Crippen molar-refractivity contribution < 1.29 is 0 Å². The van der Waals surface area contributed by atoms with Crippen LogP contribution < -0.4 is 10.9 Å². The molecule has 0 fully saturated rings. The number of benzene rings is 1. The molecule has 152 valence electrons. The van der Waals surface area contributed by atoms with Crippen molar-refractivity contribution in [3.05, 3.63) is 70.4 Å². The first-order valence-corrected chi connectivity index (χ1v) is 10.2. The fourth-order valence-corrected chi connectivity index (χ4v) is 3.70. The lowest BCUT2D eigenvalue weighted by Gasteiger charge is -2.14. The van der Waals surface area contributed by atoms with Crippen LogP contribution in [0, 0.1) is 0 Å². The lowest BCUT2D eigenvalue weighted by molar-refractivity contribution is 0.749. The zero-order chi connectivity index (χ0) is 21.3. The van der Waals surface area contributed by atoms with Gasteiger partial charge in [0.25, 0.3) is 5.56 Å². The van der Waals surface area contributed by atoms with E-state index in [0.29, 0.717) is 34.3 Å². The third-order valence-corrected chi connectivity index (χ3v) is 5.13. The third-order valence-electron chi connectivity index (χ3n) is 4.82. The summed E-state index contributed by atoms with van der Waals surface area (Å²) in [6, 6.07) is 11.5. The number of pyridine rings is 2. The highest BCUT2D eigenvalue weighted by molar-refractivity contribution is 6.33. The Balaban J connectivity index is 1.85. The number of rotatable bonds is 5. The Bertz CT molecular complexity index is 1270. The smallest absolute Gasteiger partial charge is 0.260 e. The molecule has 4 aromatic rings. The van der Waals surface area contributed by atoms with E-state index in [1.165, 1.54) is 0 Å². The highest BCUT2D eigenvalue weighted by Gasteiger charge is 2.15. The molecule has 0 aliphatic heterocycles. The van der Waals surface area contributed by atoms with E-state index >= 15 is 0 Å². The number of hydrogen-bond donors (Lipinski definition) is 1. The molecule has 0 saturated heterocycles. The summed E-state index contributed by atoms with van der Waals surface area (Å²) in [4.78, 5) is 26.4. The average molecular weight is 420 g/mol. The summed E-state index contributed by atoms with van der Waals surface area (Å²) in [6.45, 7) is 6.45. The van der Waals surface area contributed by atoms with E-state index in [2.05, 4.69) is 20.3 Å². The van der Waals surface area contributed by atoms with Gasteiger partial charge >= 0.3 is 0 Å². The Morgan fingerprint density at radius 1 is 1.10 bits per heavy atom. The Labute approximate surface area is 179 Å². The van der Waals surface area contributed by atoms with Gasteiger partial charge in [-0.15, -0.1) is 0 Å². The maximum atomic E-state index is 13.3. The van der Waals surface area contributed by atoms with Gasteiger partial charge in [0.05, 0.1) is 0 Å². The molecule has 4 rings (SSSR count). The van der Waals surface area contributed by atoms with Gasteiger partial charge < -0.3 is 5.32 Å². The van der Waals surface area contributed by atoms with Crippen LogP contribution in [0.4, 0.5) is 5.95 Å². The van der Waals surface area contributed by atoms with Crippen LogP contribution in [0.15, 0.2) is 59.8 Å². The maximum absolute atomic E-state index is 13.3. The van der Waals surface area contributed by atoms with Crippen molar-refractivity contribution in [3.63, 3.8) is 0 Å². The van der Waals surface area contributed by atoms with Crippen LogP contribution in [-0.4, -0.2) is 25.6 Å². The molecule has 0 aliphatic rings. The molecule has 0 radical (unpaired) electrons. The first-order chi connectivity index (χ1) is 14.5. The summed E-state index contributed by atoms with van der Waals surface area (Å²) < 4.78 is 1.66. The second kappa shape index (κ2) is 8.24. The van der Waals surface area contributed by atoms with Crippen LogP contribution >= 0.6 is 11.6 Å². The van der Waals surface area contributed by atoms with Crippen molar-refractivity contribution >= 4 is 28.6 Å². The van der Waals surface area contributed by atoms with Crippen LogP contribution in [0.25, 0.3) is 33.3 Å². The molecule has 6 nitrogen and oxygen atoms in total. The molecule has 0 aliphatic carbocycles. The van der Waals surface area contributed by atoms with Crippen molar-refractivity contribution in [3.8, 4) is 22.3 Å². The predicted molar refractivity (Wildman–Crippen MR) is 122 cm³/mol. The van der Waals surface area contributed by atoms with Gasteiger partial charge in [0.2, 0.25) is 5.95 Å². The standard InChI is InChI=1S/C23H22ClN5O/c1-4-29-21-17(13-26-23(28-21)27-14(2)3)10-19(22(29)30)18-8-7-15(11-20(18)24)16-6-5-9-25-12-16/h5-14H,4H2,1-3H3,(H,26,27,28). The maximum Gasteiger partial charge on any atom is 0.260 e. The molecule has 0 bridgehead atoms. The summed E-state index contributed by atoms with van der Waals surface area (Å²) in [5.74, 6) is 0.505. The van der Waals surface area contributed by atoms with Gasteiger partial charge in [0.15, 0.2) is 0 Å². The van der Waals surface area contributed by atoms with E-state index in [0.717, 1.165) is 16.5 Å². The fraction of sp³-hybridized carbons (Fsp3) is 0.217. The summed E-state index contributed by atoms with van der Waals surface area (Å²) in [6.07, 6.45) is 5.25. The number of hydrogen-bond acceptors (Lipinski definition) is 5. The van der Waals surface area contributed by atoms with Gasteiger partial charge in [0, 0.05) is 58.3 Å². The summed E-state index contributed by atoms with van der Waals surface area (Å²) in [5.41, 5.74) is 3.60. The second-order valence-electron chi connectivity index (χ2n) is 7.32. The van der Waals surface area contributed by atoms with Crippen molar-refractivity contribution in [1.29, 1.82) is 0 Å². The van der Waals surface area contributed by atoms with E-state index in [4.69, 9.17) is 11.6 Å². The van der Waals surface area contributed by atoms with Gasteiger partial charge in [-0.1, -0.05) is 29.8 Å². The van der Waals surface area contributed by atoms with Crippen LogP contribution in [0.5, 0.6) is 0 Å². The van der Waals surface area contributed by atoms with E-state index < -0.39 is 0 Å². The monoisotopic (exact) mass is 419 g/mol. The van der Waals surface area contributed by atoms with E-state index in [-0.39, 0.29) is 11.6 Å². The molecule has 1 N–H and O–H groups in total. The molecule has 30 heavy (non-hydrogen) atoms. The van der Waals surface area contributed by atoms with Crippen molar-refractivity contribution in [1.82, 2.24) is 19.5 Å². The Morgan fingerprint density at radius 3 is 2.60 bits per heavy atom. The van der Waals surface area contributed by atoms with Crippen molar-refractivity contribution in [2.24, 2.45) is 0 Å². The largest absolute Gasteiger partial charge is 0.352 e. The number of halogens is 1. The van der Waals surface area contributed by atoms with E-state index in [1.54, 1.807) is 23.2 Å². The Kier molecular flexibility index (Phi) is 5.50. The molecule has 0 saturated carbocycles. The van der Waals surface area contributed by atoms with Crippen LogP contribution in [0.1, 0.15) is 20.8 Å². The average Bonchev–Trinajstić information content (AvgIpc) is 2.74. The molecule has 3 heterocycles. The van der Waals surface area contributed by atoms with Gasteiger partial charge in [-0.3, -0.25) is 14.3 Å². The number of aryl methyl sites for hydroxylation is 1. The topological polar surface area (TPSA) is 72.7 Å². The van der Waals surface area contributed by atoms with Crippen LogP contribution in [-0.2, 0) is 6.54 Å². The SMILES string of the molecule is CCn1c(=O)c(-c2ccc(-c3cccnc3)cc2Cl)cc2cnc(NC(C)C)nc21. The lowest BCUT2D eigenvalue weighted by atomic mass is 10.0. The molecule has 0 atom stereocenters. The van der Waals surface area contributed by atoms with Crippen molar-refractivity contribution in [2.45, 2.75) is 33.4 Å². The number of fused-ring (bicyclic) bond motifs is 1. The minimum atomic E-state index is -0.129. The quantitative estimate of drug-likeness (QED) is 0.492. The second-order valence-corrected chi connectivity index (χ2v) is 7.72. The summed E-state index contributed by atoms with van der Waals surface area (Å²) in [5, 5.41) is 4.48. The number of anilines is 1. The first-order valence-electron chi connectivity index (χ1n) is 9.85. The van der Waals surface area contributed by atoms with E-state index in [9.17, 15) is 4.79 Å². The zero-order valence-electron chi connectivity index (χ0n) is 17.1. The number of nitrogens with zero attached hydrogens (tertiary/aromatic N) is 4. The highest BCUT2D eigenvalue weighted by Crippen LogP contribution is 2.31. The van der Waals surface area contributed by atoms with Gasteiger partial charge in [0.1, 0.15) is 5.65 Å².